The molecule has 5 nitrogen and oxygen atoms in total. The summed E-state index contributed by atoms with van der Waals surface area (Å²) in [5, 5.41) is 0. The number of methoxy groups -OCH3 is 1. The van der Waals surface area contributed by atoms with Crippen LogP contribution < -0.4 is 0 Å². The molecular formula is C17H32O5. The van der Waals surface area contributed by atoms with Gasteiger partial charge in [0.15, 0.2) is 6.10 Å². The van der Waals surface area contributed by atoms with Crippen molar-refractivity contribution in [2.45, 2.75) is 73.2 Å². The first-order valence-corrected chi connectivity index (χ1v) is 7.72. The normalized spacial score (nSPS) is 30.6. The molecule has 5 heteroatoms. The van der Waals surface area contributed by atoms with Crippen molar-refractivity contribution in [2.24, 2.45) is 17.8 Å². The first kappa shape index (κ1) is 20.9. The zero-order chi connectivity index (χ0) is 16.2. The summed E-state index contributed by atoms with van der Waals surface area (Å²) >= 11 is 0. The van der Waals surface area contributed by atoms with Gasteiger partial charge in [0, 0.05) is 12.8 Å². The van der Waals surface area contributed by atoms with Crippen molar-refractivity contribution in [3.05, 3.63) is 0 Å². The lowest BCUT2D eigenvalue weighted by molar-refractivity contribution is -0.185. The molecular weight excluding hydrogens is 284 g/mol. The van der Waals surface area contributed by atoms with Crippen LogP contribution in [0.25, 0.3) is 0 Å². The van der Waals surface area contributed by atoms with Crippen molar-refractivity contribution in [3.8, 4) is 0 Å². The lowest BCUT2D eigenvalue weighted by Gasteiger charge is -2.42. The highest BCUT2D eigenvalue weighted by Gasteiger charge is 2.42. The summed E-state index contributed by atoms with van der Waals surface area (Å²) in [7, 11) is 1.38. The van der Waals surface area contributed by atoms with Crippen LogP contribution in [0.15, 0.2) is 0 Å². The van der Waals surface area contributed by atoms with Crippen LogP contribution in [0.2, 0.25) is 0 Å². The van der Waals surface area contributed by atoms with Gasteiger partial charge in [0.25, 0.3) is 0 Å². The van der Waals surface area contributed by atoms with Crippen LogP contribution in [-0.4, -0.2) is 37.4 Å². The van der Waals surface area contributed by atoms with Gasteiger partial charge in [-0.05, 0) is 24.7 Å². The van der Waals surface area contributed by atoms with Crippen LogP contribution in [0, 0.1) is 17.8 Å². The third kappa shape index (κ3) is 4.97. The van der Waals surface area contributed by atoms with Crippen LogP contribution in [-0.2, 0) is 23.8 Å². The van der Waals surface area contributed by atoms with Crippen molar-refractivity contribution in [1.29, 1.82) is 0 Å². The molecule has 0 aromatic rings. The van der Waals surface area contributed by atoms with Crippen molar-refractivity contribution in [3.63, 3.8) is 0 Å². The topological polar surface area (TPSA) is 61.8 Å². The zero-order valence-corrected chi connectivity index (χ0v) is 13.9. The Bertz CT molecular complexity index is 368. The number of carbonyl (C=O) groups is 2. The average Bonchev–Trinajstić information content (AvgIpc) is 2.45. The first-order valence-electron chi connectivity index (χ1n) is 7.72. The zero-order valence-electron chi connectivity index (χ0n) is 13.9. The second-order valence-electron chi connectivity index (χ2n) is 6.10. The maximum atomic E-state index is 11.8. The molecule has 0 aliphatic carbocycles. The summed E-state index contributed by atoms with van der Waals surface area (Å²) in [6.45, 7) is 9.67. The standard InChI is InChI=1S/C16H28O5.CH4/c1-7-13(20-12(5)17)11(4)15-10(3)9(2)8-14(21-15)16(18)19-6;/h9-11,13-15H,7-8H2,1-6H3;1H4/t9?,10?,11?,13-,14?,15?;/m1./s1. The van der Waals surface area contributed by atoms with Gasteiger partial charge in [-0.3, -0.25) is 4.79 Å². The lowest BCUT2D eigenvalue weighted by Crippen LogP contribution is -2.48. The number of hydrogen-bond acceptors (Lipinski definition) is 5. The summed E-state index contributed by atoms with van der Waals surface area (Å²) in [4.78, 5) is 23.0. The summed E-state index contributed by atoms with van der Waals surface area (Å²) in [5.74, 6) is 0.0701. The van der Waals surface area contributed by atoms with Gasteiger partial charge in [-0.15, -0.1) is 0 Å². The highest BCUT2D eigenvalue weighted by Crippen LogP contribution is 2.36. The Hall–Kier alpha value is -1.10. The van der Waals surface area contributed by atoms with Gasteiger partial charge in [-0.2, -0.15) is 0 Å². The second kappa shape index (κ2) is 9.13. The predicted octanol–water partition coefficient (Wildman–Crippen LogP) is 3.20. The maximum absolute atomic E-state index is 11.8. The van der Waals surface area contributed by atoms with Crippen LogP contribution in [0.1, 0.15) is 54.9 Å². The third-order valence-corrected chi connectivity index (χ3v) is 4.61. The molecule has 1 aliphatic rings. The van der Waals surface area contributed by atoms with Gasteiger partial charge in [0.1, 0.15) is 6.10 Å². The van der Waals surface area contributed by atoms with Gasteiger partial charge in [-0.25, -0.2) is 4.79 Å². The van der Waals surface area contributed by atoms with E-state index in [-0.39, 0.29) is 37.5 Å². The molecule has 1 saturated heterocycles. The van der Waals surface area contributed by atoms with Crippen molar-refractivity contribution < 1.29 is 23.8 Å². The number of rotatable bonds is 5. The first-order chi connectivity index (χ1) is 9.81. The summed E-state index contributed by atoms with van der Waals surface area (Å²) in [6.07, 6.45) is 0.552. The quantitative estimate of drug-likeness (QED) is 0.729. The van der Waals surface area contributed by atoms with Crippen molar-refractivity contribution >= 4 is 11.9 Å². The summed E-state index contributed by atoms with van der Waals surface area (Å²) < 4.78 is 16.2. The third-order valence-electron chi connectivity index (χ3n) is 4.61. The Morgan fingerprint density at radius 1 is 1.32 bits per heavy atom. The molecule has 1 fully saturated rings. The highest BCUT2D eigenvalue weighted by molar-refractivity contribution is 5.74. The second-order valence-corrected chi connectivity index (χ2v) is 6.10. The molecule has 1 aliphatic heterocycles. The predicted molar refractivity (Wildman–Crippen MR) is 85.4 cm³/mol. The minimum Gasteiger partial charge on any atom is -0.467 e. The van der Waals surface area contributed by atoms with Gasteiger partial charge >= 0.3 is 11.9 Å². The van der Waals surface area contributed by atoms with Crippen LogP contribution in [0.3, 0.4) is 0 Å². The Balaban J connectivity index is 0.00000441. The monoisotopic (exact) mass is 316 g/mol. The molecule has 5 unspecified atom stereocenters. The Morgan fingerprint density at radius 2 is 1.91 bits per heavy atom. The fraction of sp³-hybridized carbons (Fsp3) is 0.882. The Labute approximate surface area is 134 Å². The Morgan fingerprint density at radius 3 is 2.36 bits per heavy atom. The lowest BCUT2D eigenvalue weighted by atomic mass is 9.77. The molecule has 22 heavy (non-hydrogen) atoms. The molecule has 1 heterocycles. The van der Waals surface area contributed by atoms with E-state index in [0.29, 0.717) is 18.3 Å². The van der Waals surface area contributed by atoms with E-state index in [1.165, 1.54) is 14.0 Å². The largest absolute Gasteiger partial charge is 0.467 e. The Kier molecular flexibility index (Phi) is 8.68. The van der Waals surface area contributed by atoms with Gasteiger partial charge in [-0.1, -0.05) is 35.1 Å². The van der Waals surface area contributed by atoms with E-state index < -0.39 is 6.10 Å². The van der Waals surface area contributed by atoms with Crippen molar-refractivity contribution in [2.75, 3.05) is 7.11 Å². The molecule has 130 valence electrons. The molecule has 0 aromatic heterocycles. The smallest absolute Gasteiger partial charge is 0.334 e. The number of esters is 2. The van der Waals surface area contributed by atoms with Crippen LogP contribution in [0.5, 0.6) is 0 Å². The van der Waals surface area contributed by atoms with Crippen LogP contribution in [0.4, 0.5) is 0 Å². The van der Waals surface area contributed by atoms with E-state index in [0.717, 1.165) is 6.42 Å². The van der Waals surface area contributed by atoms with Gasteiger partial charge < -0.3 is 14.2 Å². The molecule has 0 radical (unpaired) electrons. The molecule has 0 spiro atoms. The molecule has 0 N–H and O–H groups in total. The molecule has 6 atom stereocenters. The highest BCUT2D eigenvalue weighted by atomic mass is 16.6. The minimum atomic E-state index is -0.525. The maximum Gasteiger partial charge on any atom is 0.334 e. The molecule has 1 rings (SSSR count). The van der Waals surface area contributed by atoms with E-state index in [4.69, 9.17) is 14.2 Å². The van der Waals surface area contributed by atoms with Gasteiger partial charge in [0.2, 0.25) is 0 Å². The van der Waals surface area contributed by atoms with E-state index in [1.54, 1.807) is 0 Å². The van der Waals surface area contributed by atoms with Gasteiger partial charge in [0.05, 0.1) is 13.2 Å². The van der Waals surface area contributed by atoms with E-state index in [9.17, 15) is 9.59 Å². The number of hydrogen-bond donors (Lipinski definition) is 0. The van der Waals surface area contributed by atoms with E-state index >= 15 is 0 Å². The van der Waals surface area contributed by atoms with Crippen molar-refractivity contribution in [1.82, 2.24) is 0 Å². The molecule has 0 bridgehead atoms. The molecule has 0 saturated carbocycles. The SMILES string of the molecule is C.CC[C@@H](OC(C)=O)C(C)C1OC(C(=O)OC)CC(C)C1C. The van der Waals surface area contributed by atoms with E-state index in [2.05, 4.69) is 13.8 Å². The summed E-state index contributed by atoms with van der Waals surface area (Å²) in [5.41, 5.74) is 0. The molecule has 0 amide bonds. The number of ether oxygens (including phenoxy) is 3. The minimum absolute atomic E-state index is 0. The summed E-state index contributed by atoms with van der Waals surface area (Å²) in [6, 6.07) is 0. The average molecular weight is 316 g/mol. The molecule has 0 aromatic carbocycles. The number of carbonyl (C=O) groups excluding carboxylic acids is 2. The fourth-order valence-corrected chi connectivity index (χ4v) is 3.12. The van der Waals surface area contributed by atoms with E-state index in [1.807, 2.05) is 13.8 Å². The van der Waals surface area contributed by atoms with Crippen LogP contribution >= 0.6 is 0 Å². The fourth-order valence-electron chi connectivity index (χ4n) is 3.12.